The first kappa shape index (κ1) is 9.88. The first-order chi connectivity index (χ1) is 7.77. The Kier molecular flexibility index (Phi) is 2.23. The molecular formula is C14H17NO. The summed E-state index contributed by atoms with van der Waals surface area (Å²) < 4.78 is 0. The van der Waals surface area contributed by atoms with E-state index in [2.05, 4.69) is 18.2 Å². The lowest BCUT2D eigenvalue weighted by atomic mass is 9.80. The van der Waals surface area contributed by atoms with Crippen molar-refractivity contribution in [1.29, 1.82) is 0 Å². The molecule has 0 saturated carbocycles. The van der Waals surface area contributed by atoms with Gasteiger partial charge in [0.2, 0.25) is 5.91 Å². The van der Waals surface area contributed by atoms with Crippen LogP contribution in [0.25, 0.3) is 0 Å². The molecule has 0 radical (unpaired) electrons. The van der Waals surface area contributed by atoms with E-state index in [0.717, 1.165) is 32.2 Å². The van der Waals surface area contributed by atoms with E-state index in [-0.39, 0.29) is 5.92 Å². The van der Waals surface area contributed by atoms with Gasteiger partial charge in [0.25, 0.3) is 0 Å². The zero-order valence-corrected chi connectivity index (χ0v) is 9.70. The van der Waals surface area contributed by atoms with Gasteiger partial charge >= 0.3 is 0 Å². The summed E-state index contributed by atoms with van der Waals surface area (Å²) >= 11 is 0. The van der Waals surface area contributed by atoms with Crippen LogP contribution in [0.3, 0.4) is 0 Å². The van der Waals surface area contributed by atoms with Gasteiger partial charge in [0.1, 0.15) is 0 Å². The van der Waals surface area contributed by atoms with Gasteiger partial charge in [0, 0.05) is 13.6 Å². The molecule has 0 saturated heterocycles. The highest BCUT2D eigenvalue weighted by molar-refractivity contribution is 5.85. The van der Waals surface area contributed by atoms with E-state index in [9.17, 15) is 4.79 Å². The van der Waals surface area contributed by atoms with Crippen LogP contribution in [0, 0.1) is 0 Å². The second-order valence-electron chi connectivity index (χ2n) is 4.94. The SMILES string of the molecule is CN1CCc2cccc3c2C(CCC3)C1=O. The van der Waals surface area contributed by atoms with Gasteiger partial charge in [0.05, 0.1) is 5.92 Å². The Morgan fingerprint density at radius 1 is 1.25 bits per heavy atom. The van der Waals surface area contributed by atoms with Crippen molar-refractivity contribution in [1.82, 2.24) is 4.90 Å². The van der Waals surface area contributed by atoms with Crippen LogP contribution in [-0.4, -0.2) is 24.4 Å². The number of amides is 1. The summed E-state index contributed by atoms with van der Waals surface area (Å²) in [5.74, 6) is 0.471. The van der Waals surface area contributed by atoms with E-state index in [4.69, 9.17) is 0 Å². The monoisotopic (exact) mass is 215 g/mol. The highest BCUT2D eigenvalue weighted by Crippen LogP contribution is 2.37. The molecule has 1 aliphatic heterocycles. The maximum atomic E-state index is 12.3. The van der Waals surface area contributed by atoms with Crippen molar-refractivity contribution in [3.05, 3.63) is 34.9 Å². The van der Waals surface area contributed by atoms with E-state index in [1.165, 1.54) is 16.7 Å². The van der Waals surface area contributed by atoms with E-state index in [1.54, 1.807) is 0 Å². The Morgan fingerprint density at radius 3 is 2.81 bits per heavy atom. The van der Waals surface area contributed by atoms with Gasteiger partial charge in [-0.1, -0.05) is 18.2 Å². The molecule has 1 unspecified atom stereocenters. The first-order valence-electron chi connectivity index (χ1n) is 6.13. The number of nitrogens with zero attached hydrogens (tertiary/aromatic N) is 1. The summed E-state index contributed by atoms with van der Waals surface area (Å²) in [6.07, 6.45) is 4.35. The van der Waals surface area contributed by atoms with Crippen molar-refractivity contribution in [2.45, 2.75) is 31.6 Å². The van der Waals surface area contributed by atoms with Crippen LogP contribution in [0.5, 0.6) is 0 Å². The van der Waals surface area contributed by atoms with Crippen molar-refractivity contribution >= 4 is 5.91 Å². The number of hydrogen-bond donors (Lipinski definition) is 0. The fourth-order valence-corrected chi connectivity index (χ4v) is 3.10. The van der Waals surface area contributed by atoms with Crippen LogP contribution in [-0.2, 0) is 17.6 Å². The second kappa shape index (κ2) is 3.62. The molecule has 1 atom stereocenters. The lowest BCUT2D eigenvalue weighted by Gasteiger charge is -2.26. The minimum absolute atomic E-state index is 0.146. The van der Waals surface area contributed by atoms with Crippen molar-refractivity contribution < 1.29 is 4.79 Å². The lowest BCUT2D eigenvalue weighted by molar-refractivity contribution is -0.131. The largest absolute Gasteiger partial charge is 0.345 e. The average Bonchev–Trinajstić information content (AvgIpc) is 2.44. The zero-order chi connectivity index (χ0) is 11.1. The third-order valence-electron chi connectivity index (χ3n) is 3.96. The predicted octanol–water partition coefficient (Wildman–Crippen LogP) is 2.12. The van der Waals surface area contributed by atoms with Crippen LogP contribution in [0.15, 0.2) is 18.2 Å². The quantitative estimate of drug-likeness (QED) is 0.649. The molecule has 1 aromatic rings. The highest BCUT2D eigenvalue weighted by atomic mass is 16.2. The second-order valence-corrected chi connectivity index (χ2v) is 4.94. The average molecular weight is 215 g/mol. The van der Waals surface area contributed by atoms with E-state index >= 15 is 0 Å². The molecule has 0 N–H and O–H groups in total. The Labute approximate surface area is 96.3 Å². The predicted molar refractivity (Wildman–Crippen MR) is 63.5 cm³/mol. The summed E-state index contributed by atoms with van der Waals surface area (Å²) in [5, 5.41) is 0. The molecule has 2 aliphatic rings. The molecular weight excluding hydrogens is 198 g/mol. The van der Waals surface area contributed by atoms with Crippen LogP contribution < -0.4 is 0 Å². The highest BCUT2D eigenvalue weighted by Gasteiger charge is 2.32. The molecule has 16 heavy (non-hydrogen) atoms. The number of likely N-dealkylation sites (N-methyl/N-ethyl adjacent to an activating group) is 1. The fraction of sp³-hybridized carbons (Fsp3) is 0.500. The number of benzene rings is 1. The normalized spacial score (nSPS) is 23.9. The summed E-state index contributed by atoms with van der Waals surface area (Å²) in [6, 6.07) is 6.54. The van der Waals surface area contributed by atoms with Crippen LogP contribution >= 0.6 is 0 Å². The van der Waals surface area contributed by atoms with Crippen LogP contribution in [0.4, 0.5) is 0 Å². The van der Waals surface area contributed by atoms with Gasteiger partial charge < -0.3 is 4.90 Å². The van der Waals surface area contributed by atoms with E-state index in [0.29, 0.717) is 5.91 Å². The molecule has 1 aliphatic carbocycles. The summed E-state index contributed by atoms with van der Waals surface area (Å²) in [6.45, 7) is 0.867. The molecule has 0 spiro atoms. The van der Waals surface area contributed by atoms with Crippen LogP contribution in [0.2, 0.25) is 0 Å². The molecule has 1 heterocycles. The molecule has 2 heteroatoms. The summed E-state index contributed by atoms with van der Waals surface area (Å²) in [7, 11) is 1.93. The Hall–Kier alpha value is -1.31. The topological polar surface area (TPSA) is 20.3 Å². The molecule has 1 aromatic carbocycles. The molecule has 84 valence electrons. The number of aryl methyl sites for hydroxylation is 1. The van der Waals surface area contributed by atoms with Gasteiger partial charge in [-0.3, -0.25) is 4.79 Å². The zero-order valence-electron chi connectivity index (χ0n) is 9.70. The standard InChI is InChI=1S/C14H17NO/c1-15-9-8-11-5-2-4-10-6-3-7-12(13(10)11)14(15)16/h2,4-5,12H,3,6-9H2,1H3. The summed E-state index contributed by atoms with van der Waals surface area (Å²) in [5.41, 5.74) is 4.18. The van der Waals surface area contributed by atoms with Gasteiger partial charge in [-0.2, -0.15) is 0 Å². The van der Waals surface area contributed by atoms with Crippen molar-refractivity contribution in [2.24, 2.45) is 0 Å². The molecule has 1 amide bonds. The smallest absolute Gasteiger partial charge is 0.229 e. The number of hydrogen-bond acceptors (Lipinski definition) is 1. The van der Waals surface area contributed by atoms with Crippen LogP contribution in [0.1, 0.15) is 35.4 Å². The Balaban J connectivity index is 2.16. The van der Waals surface area contributed by atoms with Crippen molar-refractivity contribution in [3.8, 4) is 0 Å². The lowest BCUT2D eigenvalue weighted by Crippen LogP contribution is -2.32. The van der Waals surface area contributed by atoms with Crippen molar-refractivity contribution in [3.63, 3.8) is 0 Å². The van der Waals surface area contributed by atoms with E-state index in [1.807, 2.05) is 11.9 Å². The molecule has 0 bridgehead atoms. The van der Waals surface area contributed by atoms with Gasteiger partial charge in [-0.25, -0.2) is 0 Å². The molecule has 2 nitrogen and oxygen atoms in total. The Morgan fingerprint density at radius 2 is 2.00 bits per heavy atom. The number of carbonyl (C=O) groups is 1. The Bertz CT molecular complexity index is 438. The maximum absolute atomic E-state index is 12.3. The third-order valence-corrected chi connectivity index (χ3v) is 3.96. The molecule has 0 aromatic heterocycles. The maximum Gasteiger partial charge on any atom is 0.229 e. The molecule has 0 fully saturated rings. The van der Waals surface area contributed by atoms with Gasteiger partial charge in [-0.05, 0) is 42.4 Å². The van der Waals surface area contributed by atoms with Gasteiger partial charge in [0.15, 0.2) is 0 Å². The fourth-order valence-electron chi connectivity index (χ4n) is 3.10. The third kappa shape index (κ3) is 1.36. The van der Waals surface area contributed by atoms with E-state index < -0.39 is 0 Å². The number of rotatable bonds is 0. The first-order valence-corrected chi connectivity index (χ1v) is 6.13. The minimum Gasteiger partial charge on any atom is -0.345 e. The summed E-state index contributed by atoms with van der Waals surface area (Å²) in [4.78, 5) is 14.2. The molecule has 3 rings (SSSR count). The van der Waals surface area contributed by atoms with Crippen molar-refractivity contribution in [2.75, 3.05) is 13.6 Å². The minimum atomic E-state index is 0.146. The van der Waals surface area contributed by atoms with Gasteiger partial charge in [-0.15, -0.1) is 0 Å². The number of carbonyl (C=O) groups excluding carboxylic acids is 1.